The van der Waals surface area contributed by atoms with E-state index in [2.05, 4.69) is 10.6 Å². The molecule has 2 atom stereocenters. The monoisotopic (exact) mass is 344 g/mol. The maximum absolute atomic E-state index is 13.4. The molecule has 2 aromatic rings. The maximum atomic E-state index is 13.4. The normalized spacial score (nSPS) is 16.7. The van der Waals surface area contributed by atoms with Crippen LogP contribution in [0.2, 0.25) is 0 Å². The number of aliphatic hydroxyl groups is 1. The number of hydrogen-bond donors (Lipinski definition) is 3. The van der Waals surface area contributed by atoms with Crippen molar-refractivity contribution in [3.63, 3.8) is 0 Å². The fourth-order valence-electron chi connectivity index (χ4n) is 3.00. The van der Waals surface area contributed by atoms with E-state index < -0.39 is 5.82 Å². The molecule has 5 nitrogen and oxygen atoms in total. The van der Waals surface area contributed by atoms with E-state index in [9.17, 15) is 9.18 Å². The van der Waals surface area contributed by atoms with Gasteiger partial charge in [0.05, 0.1) is 13.2 Å². The summed E-state index contributed by atoms with van der Waals surface area (Å²) < 4.78 is 19.0. The summed E-state index contributed by atoms with van der Waals surface area (Å²) in [5.41, 5.74) is 2.04. The summed E-state index contributed by atoms with van der Waals surface area (Å²) >= 11 is 0. The van der Waals surface area contributed by atoms with Crippen LogP contribution in [0, 0.1) is 5.82 Å². The Hall–Kier alpha value is -2.60. The van der Waals surface area contributed by atoms with Gasteiger partial charge in [-0.1, -0.05) is 24.3 Å². The van der Waals surface area contributed by atoms with Crippen molar-refractivity contribution in [3.05, 3.63) is 65.0 Å². The van der Waals surface area contributed by atoms with E-state index in [4.69, 9.17) is 9.84 Å². The zero-order valence-electron chi connectivity index (χ0n) is 14.0. The molecule has 1 aliphatic rings. The van der Waals surface area contributed by atoms with Gasteiger partial charge >= 0.3 is 6.03 Å². The number of carbonyl (C=O) groups is 1. The molecule has 0 fully saturated rings. The van der Waals surface area contributed by atoms with Gasteiger partial charge < -0.3 is 20.5 Å². The first kappa shape index (κ1) is 17.2. The lowest BCUT2D eigenvalue weighted by molar-refractivity contribution is 0.232. The van der Waals surface area contributed by atoms with Crippen molar-refractivity contribution in [1.29, 1.82) is 0 Å². The number of fused-ring (bicyclic) bond motifs is 1. The largest absolute Gasteiger partial charge is 0.493 e. The Balaban J connectivity index is 1.54. The predicted octanol–water partition coefficient (Wildman–Crippen LogP) is 2.68. The number of para-hydroxylation sites is 1. The summed E-state index contributed by atoms with van der Waals surface area (Å²) in [5.74, 6) is 0.516. The molecule has 0 saturated heterocycles. The van der Waals surface area contributed by atoms with Gasteiger partial charge in [-0.05, 0) is 30.7 Å². The van der Waals surface area contributed by atoms with Crippen molar-refractivity contribution in [2.45, 2.75) is 32.0 Å². The summed E-state index contributed by atoms with van der Waals surface area (Å²) in [5, 5.41) is 14.8. The first-order valence-electron chi connectivity index (χ1n) is 8.22. The smallest absolute Gasteiger partial charge is 0.315 e. The molecule has 2 amide bonds. The third-order valence-electron chi connectivity index (χ3n) is 4.43. The van der Waals surface area contributed by atoms with Gasteiger partial charge in [0.1, 0.15) is 11.6 Å². The molecule has 0 aliphatic carbocycles. The Morgan fingerprint density at radius 3 is 2.96 bits per heavy atom. The minimum absolute atomic E-state index is 0.0927. The highest BCUT2D eigenvalue weighted by Gasteiger charge is 2.29. The average molecular weight is 344 g/mol. The quantitative estimate of drug-likeness (QED) is 0.781. The molecule has 0 saturated carbocycles. The molecule has 1 aliphatic heterocycles. The fraction of sp³-hybridized carbons (Fsp3) is 0.316. The average Bonchev–Trinajstić information content (AvgIpc) is 3.05. The SMILES string of the molecule is CC(NC(=O)NCc1ccc(F)c(CO)c1)C1COc2ccccc21. The van der Waals surface area contributed by atoms with Crippen LogP contribution in [0.15, 0.2) is 42.5 Å². The van der Waals surface area contributed by atoms with Gasteiger partial charge in [-0.2, -0.15) is 0 Å². The topological polar surface area (TPSA) is 70.6 Å². The second-order valence-electron chi connectivity index (χ2n) is 6.15. The summed E-state index contributed by atoms with van der Waals surface area (Å²) in [6.07, 6.45) is 0. The highest BCUT2D eigenvalue weighted by Crippen LogP contribution is 2.35. The van der Waals surface area contributed by atoms with E-state index in [1.54, 1.807) is 12.1 Å². The van der Waals surface area contributed by atoms with E-state index in [0.717, 1.165) is 16.9 Å². The number of amides is 2. The fourth-order valence-corrected chi connectivity index (χ4v) is 3.00. The van der Waals surface area contributed by atoms with Gasteiger partial charge in [-0.25, -0.2) is 9.18 Å². The number of benzene rings is 2. The van der Waals surface area contributed by atoms with Gasteiger partial charge in [0, 0.05) is 29.6 Å². The third kappa shape index (κ3) is 3.91. The van der Waals surface area contributed by atoms with Crippen LogP contribution in [0.1, 0.15) is 29.5 Å². The Labute approximate surface area is 145 Å². The molecule has 0 aromatic heterocycles. The number of rotatable bonds is 5. The van der Waals surface area contributed by atoms with Gasteiger partial charge in [0.15, 0.2) is 0 Å². The summed E-state index contributed by atoms with van der Waals surface area (Å²) in [7, 11) is 0. The van der Waals surface area contributed by atoms with E-state index in [-0.39, 0.29) is 36.7 Å². The molecule has 0 bridgehead atoms. The lowest BCUT2D eigenvalue weighted by atomic mass is 9.94. The number of hydrogen-bond acceptors (Lipinski definition) is 3. The molecule has 3 N–H and O–H groups in total. The minimum Gasteiger partial charge on any atom is -0.493 e. The zero-order chi connectivity index (χ0) is 17.8. The Kier molecular flexibility index (Phi) is 5.19. The molecule has 0 radical (unpaired) electrons. The van der Waals surface area contributed by atoms with Crippen LogP contribution in [0.5, 0.6) is 5.75 Å². The number of carbonyl (C=O) groups excluding carboxylic acids is 1. The van der Waals surface area contributed by atoms with Crippen molar-refractivity contribution < 1.29 is 19.0 Å². The third-order valence-corrected chi connectivity index (χ3v) is 4.43. The first-order chi connectivity index (χ1) is 12.1. The molecule has 2 unspecified atom stereocenters. The molecule has 3 rings (SSSR count). The minimum atomic E-state index is -0.454. The molecule has 0 spiro atoms. The molecular weight excluding hydrogens is 323 g/mol. The Morgan fingerprint density at radius 2 is 2.16 bits per heavy atom. The maximum Gasteiger partial charge on any atom is 0.315 e. The van der Waals surface area contributed by atoms with Crippen LogP contribution >= 0.6 is 0 Å². The lowest BCUT2D eigenvalue weighted by Gasteiger charge is -2.20. The van der Waals surface area contributed by atoms with E-state index >= 15 is 0 Å². The summed E-state index contributed by atoms with van der Waals surface area (Å²) in [6, 6.07) is 11.8. The second kappa shape index (κ2) is 7.53. The summed E-state index contributed by atoms with van der Waals surface area (Å²) in [4.78, 5) is 12.1. The number of halogens is 1. The number of ether oxygens (including phenoxy) is 1. The standard InChI is InChI=1S/C19H21FN2O3/c1-12(16-11-25-18-5-3-2-4-15(16)18)22-19(24)21-9-13-6-7-17(20)14(8-13)10-23/h2-8,12,16,23H,9-11H2,1H3,(H2,21,22,24). The van der Waals surface area contributed by atoms with E-state index in [0.29, 0.717) is 6.61 Å². The lowest BCUT2D eigenvalue weighted by Crippen LogP contribution is -2.43. The molecule has 2 aromatic carbocycles. The highest BCUT2D eigenvalue weighted by molar-refractivity contribution is 5.74. The van der Waals surface area contributed by atoms with Crippen molar-refractivity contribution in [3.8, 4) is 5.75 Å². The number of aliphatic hydroxyl groups excluding tert-OH is 1. The van der Waals surface area contributed by atoms with Gasteiger partial charge in [-0.15, -0.1) is 0 Å². The van der Waals surface area contributed by atoms with Crippen LogP contribution < -0.4 is 15.4 Å². The van der Waals surface area contributed by atoms with Crippen molar-refractivity contribution in [2.24, 2.45) is 0 Å². The van der Waals surface area contributed by atoms with Crippen LogP contribution in [0.3, 0.4) is 0 Å². The molecular formula is C19H21FN2O3. The van der Waals surface area contributed by atoms with Gasteiger partial charge in [-0.3, -0.25) is 0 Å². The first-order valence-corrected chi connectivity index (χ1v) is 8.22. The van der Waals surface area contributed by atoms with Crippen LogP contribution in [-0.2, 0) is 13.2 Å². The van der Waals surface area contributed by atoms with E-state index in [1.807, 2.05) is 31.2 Å². The van der Waals surface area contributed by atoms with Crippen LogP contribution in [-0.4, -0.2) is 23.8 Å². The number of urea groups is 1. The zero-order valence-corrected chi connectivity index (χ0v) is 14.0. The summed E-state index contributed by atoms with van der Waals surface area (Å²) in [6.45, 7) is 2.36. The van der Waals surface area contributed by atoms with Crippen molar-refractivity contribution in [1.82, 2.24) is 10.6 Å². The molecule has 25 heavy (non-hydrogen) atoms. The van der Waals surface area contributed by atoms with Gasteiger partial charge in [0.2, 0.25) is 0 Å². The Bertz CT molecular complexity index is 766. The van der Waals surface area contributed by atoms with E-state index in [1.165, 1.54) is 6.07 Å². The van der Waals surface area contributed by atoms with Crippen LogP contribution in [0.4, 0.5) is 9.18 Å². The predicted molar refractivity (Wildman–Crippen MR) is 91.8 cm³/mol. The molecule has 6 heteroatoms. The van der Waals surface area contributed by atoms with Gasteiger partial charge in [0.25, 0.3) is 0 Å². The number of nitrogens with one attached hydrogen (secondary N) is 2. The molecule has 132 valence electrons. The van der Waals surface area contributed by atoms with Crippen molar-refractivity contribution >= 4 is 6.03 Å². The second-order valence-corrected chi connectivity index (χ2v) is 6.15. The highest BCUT2D eigenvalue weighted by atomic mass is 19.1. The Morgan fingerprint density at radius 1 is 1.36 bits per heavy atom. The molecule has 1 heterocycles. The van der Waals surface area contributed by atoms with Crippen molar-refractivity contribution in [2.75, 3.05) is 6.61 Å². The van der Waals surface area contributed by atoms with Crippen LogP contribution in [0.25, 0.3) is 0 Å².